The van der Waals surface area contributed by atoms with Crippen LogP contribution >= 0.6 is 69.6 Å². The Bertz CT molecular complexity index is 3090. The number of benzene rings is 4. The molecule has 0 bridgehead atoms. The first-order valence-electron chi connectivity index (χ1n) is 20.9. The summed E-state index contributed by atoms with van der Waals surface area (Å²) in [6, 6.07) is 18.9. The zero-order chi connectivity index (χ0) is 47.8. The third kappa shape index (κ3) is 10.5. The standard InChI is InChI=1S/C24H24Cl3N3O5S.C20H17Cl3N2O5S/c25-16-2-3-18(26)22(14-16)36(32,33)30-7-1-6-28(8-9-30)19-4-5-20-17(23(19)27)15-21(35-20)24(31)29-10-12-34-13-11-29;21-12-2-3-14(22)18(10-12)31(28,29)25-7-1-6-24(8-9-25)15-4-5-16-13(19(15)23)11-17(30-16)20(26)27/h2-5,14-15H,1,6-13H2;2-5,10-11H,1,6-9H2,(H,26,27). The van der Waals surface area contributed by atoms with Crippen LogP contribution in [-0.4, -0.2) is 126 Å². The van der Waals surface area contributed by atoms with E-state index in [0.29, 0.717) is 126 Å². The van der Waals surface area contributed by atoms with Crippen LogP contribution in [0.15, 0.2) is 91.4 Å². The number of ether oxygens (including phenoxy) is 1. The molecule has 0 saturated carbocycles. The molecule has 0 radical (unpaired) electrons. The average molecular weight is 1080 g/mol. The molecule has 3 aliphatic heterocycles. The molecule has 3 saturated heterocycles. The van der Waals surface area contributed by atoms with Crippen molar-refractivity contribution < 1.29 is 45.1 Å². The van der Waals surface area contributed by atoms with Crippen LogP contribution < -0.4 is 9.80 Å². The van der Waals surface area contributed by atoms with Gasteiger partial charge in [0.05, 0.1) is 44.7 Å². The van der Waals surface area contributed by atoms with Gasteiger partial charge in [-0.15, -0.1) is 0 Å². The highest BCUT2D eigenvalue weighted by Crippen LogP contribution is 2.39. The van der Waals surface area contributed by atoms with Crippen molar-refractivity contribution in [3.63, 3.8) is 0 Å². The maximum atomic E-state index is 13.3. The molecule has 0 atom stereocenters. The fraction of sp³-hybridized carbons (Fsp3) is 0.318. The van der Waals surface area contributed by atoms with Crippen molar-refractivity contribution in [3.05, 3.63) is 114 Å². The van der Waals surface area contributed by atoms with Gasteiger partial charge in [0.1, 0.15) is 21.0 Å². The van der Waals surface area contributed by atoms with Crippen LogP contribution in [0.4, 0.5) is 11.4 Å². The Morgan fingerprint density at radius 3 is 1.43 bits per heavy atom. The van der Waals surface area contributed by atoms with Gasteiger partial charge in [0.2, 0.25) is 25.8 Å². The van der Waals surface area contributed by atoms with Crippen LogP contribution in [0.2, 0.25) is 30.1 Å². The summed E-state index contributed by atoms with van der Waals surface area (Å²) in [5.41, 5.74) is 2.35. The van der Waals surface area contributed by atoms with Crippen LogP contribution in [0.1, 0.15) is 34.0 Å². The van der Waals surface area contributed by atoms with Gasteiger partial charge in [0.25, 0.3) is 5.91 Å². The summed E-state index contributed by atoms with van der Waals surface area (Å²) >= 11 is 37.6. The number of fused-ring (bicyclic) bond motifs is 2. The van der Waals surface area contributed by atoms with Crippen LogP contribution in [0, 0.1) is 0 Å². The minimum atomic E-state index is -3.82. The fourth-order valence-corrected chi connectivity index (χ4v) is 13.2. The van der Waals surface area contributed by atoms with E-state index in [9.17, 15) is 26.4 Å². The summed E-state index contributed by atoms with van der Waals surface area (Å²) < 4.78 is 72.1. The maximum absolute atomic E-state index is 13.3. The molecule has 0 unspecified atom stereocenters. The molecule has 6 aromatic rings. The smallest absolute Gasteiger partial charge is 0.371 e. The summed E-state index contributed by atoms with van der Waals surface area (Å²) in [5.74, 6) is -1.33. The predicted molar refractivity (Wildman–Crippen MR) is 260 cm³/mol. The van der Waals surface area contributed by atoms with E-state index in [0.717, 1.165) is 5.69 Å². The normalized spacial score (nSPS) is 17.0. The monoisotopic (exact) mass is 1070 g/mol. The zero-order valence-corrected chi connectivity index (χ0v) is 41.4. The van der Waals surface area contributed by atoms with E-state index in [2.05, 4.69) is 0 Å². The first-order valence-corrected chi connectivity index (χ1v) is 26.0. The average Bonchev–Trinajstić information content (AvgIpc) is 3.77. The van der Waals surface area contributed by atoms with Crippen molar-refractivity contribution in [2.75, 3.05) is 88.5 Å². The van der Waals surface area contributed by atoms with E-state index >= 15 is 0 Å². The van der Waals surface area contributed by atoms with Gasteiger partial charge in [-0.05, 0) is 79.6 Å². The molecule has 2 aromatic heterocycles. The molecule has 4 aromatic carbocycles. The van der Waals surface area contributed by atoms with Crippen molar-refractivity contribution in [1.82, 2.24) is 13.5 Å². The molecule has 3 aliphatic rings. The molecule has 15 nitrogen and oxygen atoms in total. The van der Waals surface area contributed by atoms with E-state index < -0.39 is 26.0 Å². The number of carboxylic acid groups (broad SMARTS) is 1. The van der Waals surface area contributed by atoms with Crippen LogP contribution in [0.3, 0.4) is 0 Å². The molecule has 1 N–H and O–H groups in total. The first kappa shape index (κ1) is 49.4. The number of carbonyl (C=O) groups is 2. The number of morpholine rings is 1. The molecule has 1 amide bonds. The third-order valence-corrected chi connectivity index (χ3v) is 17.6. The highest BCUT2D eigenvalue weighted by Gasteiger charge is 2.32. The number of anilines is 2. The van der Waals surface area contributed by atoms with Crippen molar-refractivity contribution in [3.8, 4) is 0 Å². The molecular weight excluding hydrogens is 1040 g/mol. The first-order chi connectivity index (χ1) is 31.9. The van der Waals surface area contributed by atoms with Crippen LogP contribution in [0.5, 0.6) is 0 Å². The number of rotatable bonds is 8. The molecule has 9 rings (SSSR count). The van der Waals surface area contributed by atoms with Gasteiger partial charge in [0.15, 0.2) is 5.76 Å². The second-order valence-electron chi connectivity index (χ2n) is 15.7. The number of nitrogens with zero attached hydrogens (tertiary/aromatic N) is 5. The number of hydrogen-bond acceptors (Lipinski definition) is 11. The number of amides is 1. The van der Waals surface area contributed by atoms with Gasteiger partial charge in [0, 0.05) is 92.3 Å². The predicted octanol–water partition coefficient (Wildman–Crippen LogP) is 9.76. The third-order valence-electron chi connectivity index (χ3n) is 11.6. The minimum Gasteiger partial charge on any atom is -0.475 e. The Labute approximate surface area is 416 Å². The summed E-state index contributed by atoms with van der Waals surface area (Å²) in [6.45, 7) is 5.18. The fourth-order valence-electron chi connectivity index (χ4n) is 8.13. The number of furan rings is 2. The lowest BCUT2D eigenvalue weighted by molar-refractivity contribution is 0.0284. The number of carboxylic acids is 1. The number of carbonyl (C=O) groups excluding carboxylic acids is 1. The second kappa shape index (κ2) is 20.5. The molecule has 5 heterocycles. The Morgan fingerprint density at radius 1 is 0.522 bits per heavy atom. The SMILES string of the molecule is O=C(O)c1cc2c(Cl)c(N3CCCN(S(=O)(=O)c4cc(Cl)ccc4Cl)CC3)ccc2o1.O=C(c1cc2c(Cl)c(N3CCCN(S(=O)(=O)c4cc(Cl)ccc4Cl)CC3)ccc2o1)N1CCOCC1. The Balaban J connectivity index is 0.000000184. The van der Waals surface area contributed by atoms with Crippen molar-refractivity contribution >= 4 is 135 Å². The van der Waals surface area contributed by atoms with Crippen molar-refractivity contribution in [1.29, 1.82) is 0 Å². The van der Waals surface area contributed by atoms with Gasteiger partial charge >= 0.3 is 5.97 Å². The topological polar surface area (TPSA) is 174 Å². The molecule has 3 fully saturated rings. The lowest BCUT2D eigenvalue weighted by Crippen LogP contribution is -2.40. The molecular formula is C44H41Cl6N5O10S2. The van der Waals surface area contributed by atoms with Crippen LogP contribution in [0.25, 0.3) is 21.9 Å². The van der Waals surface area contributed by atoms with Crippen molar-refractivity contribution in [2.24, 2.45) is 0 Å². The Morgan fingerprint density at radius 2 is 0.970 bits per heavy atom. The van der Waals surface area contributed by atoms with Gasteiger partial charge < -0.3 is 33.4 Å². The summed E-state index contributed by atoms with van der Waals surface area (Å²) in [6.07, 6.45) is 1.16. The van der Waals surface area contributed by atoms with E-state index in [1.807, 2.05) is 15.9 Å². The lowest BCUT2D eigenvalue weighted by atomic mass is 10.2. The van der Waals surface area contributed by atoms with E-state index in [-0.39, 0.29) is 50.4 Å². The Hall–Kier alpha value is -3.98. The summed E-state index contributed by atoms with van der Waals surface area (Å²) in [4.78, 5) is 29.7. The van der Waals surface area contributed by atoms with Gasteiger partial charge in [-0.3, -0.25) is 4.79 Å². The molecule has 356 valence electrons. The Kier molecular flexibility index (Phi) is 15.2. The molecule has 0 spiro atoms. The summed E-state index contributed by atoms with van der Waals surface area (Å²) in [5, 5.41) is 12.0. The van der Waals surface area contributed by atoms with E-state index in [1.165, 1.54) is 45.0 Å². The number of sulfonamides is 2. The van der Waals surface area contributed by atoms with Crippen LogP contribution in [-0.2, 0) is 24.8 Å². The second-order valence-corrected chi connectivity index (χ2v) is 21.9. The van der Waals surface area contributed by atoms with Gasteiger partial charge in [-0.2, -0.15) is 8.61 Å². The summed E-state index contributed by atoms with van der Waals surface area (Å²) in [7, 11) is -7.63. The molecule has 0 aliphatic carbocycles. The molecule has 67 heavy (non-hydrogen) atoms. The van der Waals surface area contributed by atoms with E-state index in [4.69, 9.17) is 88.3 Å². The highest BCUT2D eigenvalue weighted by atomic mass is 35.5. The minimum absolute atomic E-state index is 0.000398. The molecule has 23 heteroatoms. The number of aromatic carboxylic acids is 1. The van der Waals surface area contributed by atoms with E-state index in [1.54, 1.807) is 35.2 Å². The largest absolute Gasteiger partial charge is 0.475 e. The van der Waals surface area contributed by atoms with Gasteiger partial charge in [-0.25, -0.2) is 21.6 Å². The number of hydrogen-bond donors (Lipinski definition) is 1. The zero-order valence-electron chi connectivity index (χ0n) is 35.3. The lowest BCUT2D eigenvalue weighted by Gasteiger charge is -2.25. The van der Waals surface area contributed by atoms with Crippen molar-refractivity contribution in [2.45, 2.75) is 22.6 Å². The van der Waals surface area contributed by atoms with Gasteiger partial charge in [-0.1, -0.05) is 69.6 Å². The highest BCUT2D eigenvalue weighted by molar-refractivity contribution is 7.89. The number of halogens is 6. The quantitative estimate of drug-likeness (QED) is 0.153. The maximum Gasteiger partial charge on any atom is 0.371 e.